The fourth-order valence-corrected chi connectivity index (χ4v) is 2.81. The molecule has 4 rings (SSSR count). The van der Waals surface area contributed by atoms with E-state index in [0.717, 1.165) is 22.6 Å². The van der Waals surface area contributed by atoms with Crippen molar-refractivity contribution in [2.75, 3.05) is 0 Å². The molecule has 24 heavy (non-hydrogen) atoms. The summed E-state index contributed by atoms with van der Waals surface area (Å²) in [5, 5.41) is 7.43. The van der Waals surface area contributed by atoms with Crippen molar-refractivity contribution in [1.82, 2.24) is 15.1 Å². The lowest BCUT2D eigenvalue weighted by Gasteiger charge is -2.09. The number of rotatable bonds is 6. The van der Waals surface area contributed by atoms with Crippen LogP contribution in [0.1, 0.15) is 30.0 Å². The predicted octanol–water partition coefficient (Wildman–Crippen LogP) is 3.34. The van der Waals surface area contributed by atoms with Crippen LogP contribution >= 0.6 is 0 Å². The number of nitrogens with one attached hydrogen (secondary N) is 1. The molecular weight excluding hydrogens is 302 g/mol. The Morgan fingerprint density at radius 3 is 2.88 bits per heavy atom. The lowest BCUT2D eigenvalue weighted by atomic mass is 10.1. The van der Waals surface area contributed by atoms with Crippen molar-refractivity contribution in [3.8, 4) is 11.3 Å². The molecule has 3 aromatic rings. The number of nitrogens with zero attached hydrogens (tertiary/aromatic N) is 2. The van der Waals surface area contributed by atoms with E-state index in [-0.39, 0.29) is 12.5 Å². The van der Waals surface area contributed by atoms with E-state index in [4.69, 9.17) is 4.42 Å². The van der Waals surface area contributed by atoms with Gasteiger partial charge in [0, 0.05) is 24.2 Å². The maximum Gasteiger partial charge on any atom is 0.241 e. The number of amides is 1. The van der Waals surface area contributed by atoms with Gasteiger partial charge in [0.15, 0.2) is 0 Å². The average molecular weight is 321 g/mol. The molecule has 1 fully saturated rings. The van der Waals surface area contributed by atoms with E-state index in [9.17, 15) is 4.79 Å². The van der Waals surface area contributed by atoms with E-state index in [1.54, 1.807) is 10.9 Å². The Labute approximate surface area is 140 Å². The van der Waals surface area contributed by atoms with Crippen LogP contribution in [-0.4, -0.2) is 15.7 Å². The van der Waals surface area contributed by atoms with Crippen molar-refractivity contribution >= 4 is 5.91 Å². The van der Waals surface area contributed by atoms with Gasteiger partial charge in [0.1, 0.15) is 12.3 Å². The van der Waals surface area contributed by atoms with Crippen molar-refractivity contribution in [2.24, 2.45) is 0 Å². The van der Waals surface area contributed by atoms with E-state index in [0.29, 0.717) is 12.5 Å². The van der Waals surface area contributed by atoms with Crippen LogP contribution in [0.5, 0.6) is 0 Å². The summed E-state index contributed by atoms with van der Waals surface area (Å²) in [6, 6.07) is 13.7. The summed E-state index contributed by atoms with van der Waals surface area (Å²) >= 11 is 0. The predicted molar refractivity (Wildman–Crippen MR) is 90.2 cm³/mol. The molecule has 5 heteroatoms. The molecule has 2 aromatic heterocycles. The first-order chi connectivity index (χ1) is 11.8. The molecule has 0 bridgehead atoms. The van der Waals surface area contributed by atoms with Gasteiger partial charge in [-0.25, -0.2) is 0 Å². The molecule has 0 spiro atoms. The van der Waals surface area contributed by atoms with Crippen molar-refractivity contribution in [3.05, 3.63) is 66.2 Å². The minimum Gasteiger partial charge on any atom is -0.464 e. The van der Waals surface area contributed by atoms with Gasteiger partial charge in [-0.15, -0.1) is 0 Å². The molecule has 1 aliphatic rings. The molecule has 0 saturated heterocycles. The molecular formula is C19H19N3O2. The maximum absolute atomic E-state index is 12.2. The van der Waals surface area contributed by atoms with Gasteiger partial charge in [0.2, 0.25) is 5.91 Å². The van der Waals surface area contributed by atoms with E-state index < -0.39 is 0 Å². The molecule has 0 atom stereocenters. The molecule has 1 amide bonds. The topological polar surface area (TPSA) is 60.1 Å². The molecule has 1 N–H and O–H groups in total. The Bertz CT molecular complexity index is 832. The molecule has 0 unspecified atom stereocenters. The van der Waals surface area contributed by atoms with Gasteiger partial charge in [-0.05, 0) is 36.6 Å². The van der Waals surface area contributed by atoms with Gasteiger partial charge in [-0.1, -0.05) is 24.3 Å². The summed E-state index contributed by atoms with van der Waals surface area (Å²) in [5.41, 5.74) is 3.13. The van der Waals surface area contributed by atoms with E-state index in [1.165, 1.54) is 12.8 Å². The van der Waals surface area contributed by atoms with Crippen LogP contribution in [0, 0.1) is 0 Å². The quantitative estimate of drug-likeness (QED) is 0.757. The third-order valence-electron chi connectivity index (χ3n) is 4.24. The third-order valence-corrected chi connectivity index (χ3v) is 4.24. The summed E-state index contributed by atoms with van der Waals surface area (Å²) in [7, 11) is 0. The first-order valence-corrected chi connectivity index (χ1v) is 8.21. The first-order valence-electron chi connectivity index (χ1n) is 8.21. The first kappa shape index (κ1) is 14.8. The Morgan fingerprint density at radius 2 is 2.08 bits per heavy atom. The SMILES string of the molecule is O=C(Cn1ccc(C2CC2)n1)NCc1ccccc1-c1ccco1. The Kier molecular flexibility index (Phi) is 3.91. The van der Waals surface area contributed by atoms with Crippen LogP contribution in [0.25, 0.3) is 11.3 Å². The number of hydrogen-bond acceptors (Lipinski definition) is 3. The summed E-state index contributed by atoms with van der Waals surface area (Å²) in [6.07, 6.45) is 5.96. The molecule has 5 nitrogen and oxygen atoms in total. The summed E-state index contributed by atoms with van der Waals surface area (Å²) in [5.74, 6) is 1.37. The normalized spacial score (nSPS) is 13.8. The van der Waals surface area contributed by atoms with E-state index >= 15 is 0 Å². The zero-order chi connectivity index (χ0) is 16.4. The zero-order valence-electron chi connectivity index (χ0n) is 13.3. The van der Waals surface area contributed by atoms with Crippen molar-refractivity contribution in [1.29, 1.82) is 0 Å². The summed E-state index contributed by atoms with van der Waals surface area (Å²) in [4.78, 5) is 12.2. The number of carbonyl (C=O) groups excluding carboxylic acids is 1. The summed E-state index contributed by atoms with van der Waals surface area (Å²) < 4.78 is 7.18. The molecule has 122 valence electrons. The number of hydrogen-bond donors (Lipinski definition) is 1. The molecule has 2 heterocycles. The smallest absolute Gasteiger partial charge is 0.241 e. The van der Waals surface area contributed by atoms with Crippen LogP contribution in [0.2, 0.25) is 0 Å². The van der Waals surface area contributed by atoms with E-state index in [1.807, 2.05) is 48.7 Å². The fraction of sp³-hybridized carbons (Fsp3) is 0.263. The van der Waals surface area contributed by atoms with Crippen LogP contribution < -0.4 is 5.32 Å². The number of carbonyl (C=O) groups is 1. The zero-order valence-corrected chi connectivity index (χ0v) is 13.3. The van der Waals surface area contributed by atoms with Crippen LogP contribution in [0.4, 0.5) is 0 Å². The highest BCUT2D eigenvalue weighted by molar-refractivity contribution is 5.76. The molecule has 1 aliphatic carbocycles. The Hall–Kier alpha value is -2.82. The highest BCUT2D eigenvalue weighted by Gasteiger charge is 2.25. The average Bonchev–Trinajstić information content (AvgIpc) is 3.10. The second-order valence-corrected chi connectivity index (χ2v) is 6.12. The lowest BCUT2D eigenvalue weighted by molar-refractivity contribution is -0.122. The second kappa shape index (κ2) is 6.35. The largest absolute Gasteiger partial charge is 0.464 e. The monoisotopic (exact) mass is 321 g/mol. The van der Waals surface area contributed by atoms with Gasteiger partial charge >= 0.3 is 0 Å². The van der Waals surface area contributed by atoms with Crippen molar-refractivity contribution in [2.45, 2.75) is 31.8 Å². The minimum atomic E-state index is -0.0466. The van der Waals surface area contributed by atoms with Crippen LogP contribution in [-0.2, 0) is 17.9 Å². The molecule has 1 aromatic carbocycles. The fourth-order valence-electron chi connectivity index (χ4n) is 2.81. The Morgan fingerprint density at radius 1 is 1.21 bits per heavy atom. The maximum atomic E-state index is 12.2. The Balaban J connectivity index is 1.38. The van der Waals surface area contributed by atoms with Gasteiger partial charge in [0.05, 0.1) is 12.0 Å². The van der Waals surface area contributed by atoms with Gasteiger partial charge in [0.25, 0.3) is 0 Å². The van der Waals surface area contributed by atoms with E-state index in [2.05, 4.69) is 10.4 Å². The standard InChI is InChI=1S/C19H19N3O2/c23-19(13-22-10-9-17(21-22)14-7-8-14)20-12-15-4-1-2-5-16(15)18-6-3-11-24-18/h1-6,9-11,14H,7-8,12-13H2,(H,20,23). The highest BCUT2D eigenvalue weighted by atomic mass is 16.3. The van der Waals surface area contributed by atoms with Crippen molar-refractivity contribution in [3.63, 3.8) is 0 Å². The number of furan rings is 1. The number of aromatic nitrogens is 2. The van der Waals surface area contributed by atoms with Gasteiger partial charge < -0.3 is 9.73 Å². The van der Waals surface area contributed by atoms with Crippen LogP contribution in [0.3, 0.4) is 0 Å². The molecule has 0 radical (unpaired) electrons. The van der Waals surface area contributed by atoms with Gasteiger partial charge in [-0.3, -0.25) is 9.48 Å². The minimum absolute atomic E-state index is 0.0466. The highest BCUT2D eigenvalue weighted by Crippen LogP contribution is 2.38. The third kappa shape index (κ3) is 3.25. The lowest BCUT2D eigenvalue weighted by Crippen LogP contribution is -2.27. The van der Waals surface area contributed by atoms with Crippen LogP contribution in [0.15, 0.2) is 59.3 Å². The van der Waals surface area contributed by atoms with Crippen molar-refractivity contribution < 1.29 is 9.21 Å². The summed E-state index contributed by atoms with van der Waals surface area (Å²) in [6.45, 7) is 0.710. The van der Waals surface area contributed by atoms with Gasteiger partial charge in [-0.2, -0.15) is 5.10 Å². The molecule has 1 saturated carbocycles. The molecule has 0 aliphatic heterocycles. The second-order valence-electron chi connectivity index (χ2n) is 6.12. The number of benzene rings is 1.